The lowest BCUT2D eigenvalue weighted by molar-refractivity contribution is -0.120. The third-order valence-electron chi connectivity index (χ3n) is 6.78. The first-order valence-electron chi connectivity index (χ1n) is 14.8. The summed E-state index contributed by atoms with van der Waals surface area (Å²) < 4.78 is 0. The van der Waals surface area contributed by atoms with E-state index in [1.165, 1.54) is 11.3 Å². The second kappa shape index (κ2) is 17.0. The number of nitrogens with one attached hydrogen (secondary N) is 5. The summed E-state index contributed by atoms with van der Waals surface area (Å²) in [5.41, 5.74) is 10.1. The van der Waals surface area contributed by atoms with Crippen molar-refractivity contribution in [1.82, 2.24) is 31.7 Å². The van der Waals surface area contributed by atoms with Gasteiger partial charge in [-0.2, -0.15) is 0 Å². The number of aliphatic hydroxyl groups excluding tert-OH is 1. The average molecular weight is 604 g/mol. The first kappa shape index (κ1) is 31.7. The van der Waals surface area contributed by atoms with Crippen molar-refractivity contribution in [1.29, 1.82) is 0 Å². The number of allylic oxidation sites excluding steroid dienone is 3. The van der Waals surface area contributed by atoms with Gasteiger partial charge < -0.3 is 26.5 Å². The van der Waals surface area contributed by atoms with Gasteiger partial charge in [0.1, 0.15) is 17.1 Å². The van der Waals surface area contributed by atoms with Crippen molar-refractivity contribution in [3.63, 3.8) is 0 Å². The molecule has 0 bridgehead atoms. The normalized spacial score (nSPS) is 13.2. The molecule has 0 radical (unpaired) electrons. The largest absolute Gasteiger partial charge is 0.373 e. The zero-order valence-corrected chi connectivity index (χ0v) is 25.4. The maximum atomic E-state index is 12.6. The van der Waals surface area contributed by atoms with Crippen molar-refractivity contribution in [3.05, 3.63) is 100.0 Å². The van der Waals surface area contributed by atoms with Crippen LogP contribution in [0.5, 0.6) is 0 Å². The van der Waals surface area contributed by atoms with Crippen molar-refractivity contribution in [3.8, 4) is 0 Å². The number of benzene rings is 2. The first-order chi connectivity index (χ1) is 21.0. The number of hydrogen-bond donors (Lipinski definition) is 6. The number of aromatic nitrogens is 2. The molecule has 0 saturated heterocycles. The second-order valence-electron chi connectivity index (χ2n) is 10.5. The molecule has 43 heavy (non-hydrogen) atoms. The summed E-state index contributed by atoms with van der Waals surface area (Å²) >= 11 is 1.39. The van der Waals surface area contributed by atoms with Gasteiger partial charge in [-0.05, 0) is 54.5 Å². The van der Waals surface area contributed by atoms with E-state index in [-0.39, 0.29) is 18.2 Å². The Hall–Kier alpha value is -4.22. The molecule has 1 atom stereocenters. The molecule has 3 aromatic rings. The highest BCUT2D eigenvalue weighted by molar-refractivity contribution is 7.15. The van der Waals surface area contributed by atoms with E-state index in [4.69, 9.17) is 0 Å². The van der Waals surface area contributed by atoms with E-state index in [1.54, 1.807) is 0 Å². The maximum absolute atomic E-state index is 12.6. The Morgan fingerprint density at radius 2 is 1.63 bits per heavy atom. The Bertz CT molecular complexity index is 1390. The molecule has 0 spiro atoms. The minimum Gasteiger partial charge on any atom is -0.373 e. The number of rotatable bonds is 17. The molecule has 2 aromatic carbocycles. The van der Waals surface area contributed by atoms with Crippen LogP contribution in [0.25, 0.3) is 0 Å². The number of amides is 2. The summed E-state index contributed by atoms with van der Waals surface area (Å²) in [4.78, 5) is 24.7. The lowest BCUT2D eigenvalue weighted by Crippen LogP contribution is -2.43. The summed E-state index contributed by atoms with van der Waals surface area (Å²) in [6.45, 7) is 2.78. The van der Waals surface area contributed by atoms with E-state index < -0.39 is 6.23 Å². The van der Waals surface area contributed by atoms with Crippen LogP contribution in [-0.4, -0.2) is 39.9 Å². The fourth-order valence-corrected chi connectivity index (χ4v) is 5.36. The van der Waals surface area contributed by atoms with Gasteiger partial charge >= 0.3 is 0 Å². The Labute approximate surface area is 257 Å². The van der Waals surface area contributed by atoms with Crippen LogP contribution in [0.15, 0.2) is 78.3 Å². The van der Waals surface area contributed by atoms with Crippen molar-refractivity contribution < 1.29 is 14.7 Å². The van der Waals surface area contributed by atoms with E-state index in [2.05, 4.69) is 43.9 Å². The summed E-state index contributed by atoms with van der Waals surface area (Å²) in [6, 6.07) is 17.4. The monoisotopic (exact) mass is 603 g/mol. The predicted octanol–water partition coefficient (Wildman–Crippen LogP) is 3.87. The Morgan fingerprint density at radius 3 is 2.37 bits per heavy atom. The van der Waals surface area contributed by atoms with Gasteiger partial charge in [-0.3, -0.25) is 15.0 Å². The van der Waals surface area contributed by atoms with Crippen LogP contribution in [0.2, 0.25) is 0 Å². The molecule has 2 amide bonds. The molecule has 1 aliphatic heterocycles. The van der Waals surface area contributed by atoms with E-state index in [0.717, 1.165) is 65.9 Å². The number of carbonyl (C=O) groups excluding carboxylic acids is 2. The number of carbonyl (C=O) groups is 2. The lowest BCUT2D eigenvalue weighted by Gasteiger charge is -2.23. The quantitative estimate of drug-likeness (QED) is 0.101. The van der Waals surface area contributed by atoms with Crippen LogP contribution in [0.3, 0.4) is 0 Å². The molecular weight excluding hydrogens is 562 g/mol. The van der Waals surface area contributed by atoms with Gasteiger partial charge in [0, 0.05) is 25.1 Å². The molecule has 1 unspecified atom stereocenters. The molecule has 0 fully saturated rings. The number of aliphatic hydroxyl groups is 1. The van der Waals surface area contributed by atoms with Crippen LogP contribution < -0.4 is 26.8 Å². The fraction of sp³-hybridized carbons (Fsp3) is 0.375. The molecule has 1 aliphatic rings. The molecule has 10 nitrogen and oxygen atoms in total. The maximum Gasteiger partial charge on any atom is 0.230 e. The number of hydrazine groups is 1. The van der Waals surface area contributed by atoms with Crippen molar-refractivity contribution in [2.45, 2.75) is 70.9 Å². The third-order valence-corrected chi connectivity index (χ3v) is 7.67. The fourth-order valence-electron chi connectivity index (χ4n) is 4.56. The van der Waals surface area contributed by atoms with Crippen molar-refractivity contribution >= 4 is 28.3 Å². The van der Waals surface area contributed by atoms with Crippen LogP contribution in [0.4, 0.5) is 5.13 Å². The summed E-state index contributed by atoms with van der Waals surface area (Å²) in [7, 11) is 0. The van der Waals surface area contributed by atoms with Crippen LogP contribution >= 0.6 is 11.3 Å². The minimum absolute atomic E-state index is 0.00555. The van der Waals surface area contributed by atoms with Crippen LogP contribution in [-0.2, 0) is 35.3 Å². The van der Waals surface area contributed by atoms with Gasteiger partial charge in [-0.1, -0.05) is 79.3 Å². The smallest absolute Gasteiger partial charge is 0.230 e. The molecule has 1 aromatic heterocycles. The van der Waals surface area contributed by atoms with Gasteiger partial charge in [0.05, 0.1) is 12.8 Å². The number of anilines is 1. The predicted molar refractivity (Wildman–Crippen MR) is 170 cm³/mol. The first-order valence-corrected chi connectivity index (χ1v) is 15.7. The molecule has 228 valence electrons. The molecular formula is C32H41N7O3S. The number of nitrogens with zero attached hydrogens (tertiary/aromatic N) is 2. The SMILES string of the molecule is CCCCNC(=O)Cc1cccc(CC(=O)Nc2nnc(CCCCC3=CC=C(NC(O)Cc4ccccc4)NN3)s2)c1. The highest BCUT2D eigenvalue weighted by Gasteiger charge is 2.12. The van der Waals surface area contributed by atoms with E-state index in [1.807, 2.05) is 66.7 Å². The Kier molecular flexibility index (Phi) is 12.6. The number of aryl methyl sites for hydroxylation is 1. The summed E-state index contributed by atoms with van der Waals surface area (Å²) in [5.74, 6) is 0.548. The Morgan fingerprint density at radius 1 is 0.884 bits per heavy atom. The third kappa shape index (κ3) is 11.5. The van der Waals surface area contributed by atoms with E-state index in [0.29, 0.717) is 30.3 Å². The van der Waals surface area contributed by atoms with Crippen LogP contribution in [0, 0.1) is 0 Å². The van der Waals surface area contributed by atoms with Gasteiger partial charge in [-0.15, -0.1) is 10.2 Å². The standard InChI is InChI=1S/C32H41N7O3S/c1-2-3-18-33-28(40)21-24-12-9-13-25(19-24)22-30(42)35-32-39-38-31(43-32)15-8-7-14-26-16-17-27(37-36-26)34-29(41)20-23-10-5-4-6-11-23/h4-6,9-13,16-17,19,29,34,36-37,41H,2-3,7-8,14-15,18,20-22H2,1H3,(H,33,40)(H,35,39,42). The van der Waals surface area contributed by atoms with Gasteiger partial charge in [0.25, 0.3) is 0 Å². The molecule has 6 N–H and O–H groups in total. The molecule has 0 saturated carbocycles. The molecule has 2 heterocycles. The van der Waals surface area contributed by atoms with Crippen molar-refractivity contribution in [2.24, 2.45) is 0 Å². The van der Waals surface area contributed by atoms with E-state index in [9.17, 15) is 14.7 Å². The minimum atomic E-state index is -0.690. The Balaban J connectivity index is 1.13. The zero-order chi connectivity index (χ0) is 30.3. The van der Waals surface area contributed by atoms with Crippen molar-refractivity contribution in [2.75, 3.05) is 11.9 Å². The number of hydrogen-bond acceptors (Lipinski definition) is 9. The summed E-state index contributed by atoms with van der Waals surface area (Å²) in [5, 5.41) is 28.9. The van der Waals surface area contributed by atoms with Crippen LogP contribution in [0.1, 0.15) is 60.7 Å². The van der Waals surface area contributed by atoms with Gasteiger partial charge in [0.2, 0.25) is 16.9 Å². The van der Waals surface area contributed by atoms with Gasteiger partial charge in [-0.25, -0.2) is 0 Å². The van der Waals surface area contributed by atoms with E-state index >= 15 is 0 Å². The summed E-state index contributed by atoms with van der Waals surface area (Å²) in [6.07, 6.45) is 9.80. The topological polar surface area (TPSA) is 140 Å². The second-order valence-corrected chi connectivity index (χ2v) is 11.6. The number of unbranched alkanes of at least 4 members (excludes halogenated alkanes) is 2. The van der Waals surface area contributed by atoms with Gasteiger partial charge in [0.15, 0.2) is 0 Å². The highest BCUT2D eigenvalue weighted by Crippen LogP contribution is 2.19. The zero-order valence-electron chi connectivity index (χ0n) is 24.6. The molecule has 4 rings (SSSR count). The molecule has 0 aliphatic carbocycles. The molecule has 11 heteroatoms. The lowest BCUT2D eigenvalue weighted by atomic mass is 10.1. The highest BCUT2D eigenvalue weighted by atomic mass is 32.1. The average Bonchev–Trinajstić information content (AvgIpc) is 3.43.